The van der Waals surface area contributed by atoms with E-state index in [1.165, 1.54) is 25.1 Å². The van der Waals surface area contributed by atoms with E-state index in [2.05, 4.69) is 42.6 Å². The van der Waals surface area contributed by atoms with Gasteiger partial charge in [-0.2, -0.15) is 0 Å². The summed E-state index contributed by atoms with van der Waals surface area (Å²) in [4.78, 5) is 0. The van der Waals surface area contributed by atoms with Crippen molar-refractivity contribution >= 4 is 0 Å². The van der Waals surface area contributed by atoms with Gasteiger partial charge in [-0.05, 0) is 12.5 Å². The summed E-state index contributed by atoms with van der Waals surface area (Å²) in [7, 11) is 0. The molecule has 0 spiro atoms. The molecule has 68 valence electrons. The summed E-state index contributed by atoms with van der Waals surface area (Å²) in [6.45, 7) is 4.58. The molecule has 0 heterocycles. The molecule has 2 heteroatoms. The van der Waals surface area contributed by atoms with Gasteiger partial charge in [0.2, 0.25) is 0 Å². The Morgan fingerprint density at radius 1 is 1.17 bits per heavy atom. The van der Waals surface area contributed by atoms with Crippen LogP contribution in [0.1, 0.15) is 12.5 Å². The Bertz CT molecular complexity index is 186. The Morgan fingerprint density at radius 3 is 2.42 bits per heavy atom. The molecule has 12 heavy (non-hydrogen) atoms. The lowest BCUT2D eigenvalue weighted by molar-refractivity contribution is -0.651. The van der Waals surface area contributed by atoms with Gasteiger partial charge in [0.05, 0.1) is 13.1 Å². The summed E-state index contributed by atoms with van der Waals surface area (Å²) >= 11 is 0. The topological polar surface area (TPSA) is 16.6 Å². The van der Waals surface area contributed by atoms with E-state index in [1.807, 2.05) is 0 Å². The molecule has 1 rings (SSSR count). The standard InChI is InChI=1S/C10H15N.BrH/c1-2-11-9-8-10-6-4-3-5-7-10;/h3-7,11H,2,8-9H2,1H3;1H. The first kappa shape index (κ1) is 11.7. The third kappa shape index (κ3) is 4.52. The molecule has 1 aromatic rings. The molecule has 0 radical (unpaired) electrons. The minimum atomic E-state index is 0. The summed E-state index contributed by atoms with van der Waals surface area (Å²) < 4.78 is 0. The molecule has 0 aliphatic rings. The van der Waals surface area contributed by atoms with Gasteiger partial charge in [-0.1, -0.05) is 30.3 Å². The highest BCUT2D eigenvalue weighted by atomic mass is 79.9. The molecule has 0 unspecified atom stereocenters. The van der Waals surface area contributed by atoms with E-state index in [0.29, 0.717) is 0 Å². The normalized spacial score (nSPS) is 9.08. The van der Waals surface area contributed by atoms with E-state index in [1.54, 1.807) is 0 Å². The summed E-state index contributed by atoms with van der Waals surface area (Å²) in [6, 6.07) is 10.6. The van der Waals surface area contributed by atoms with Gasteiger partial charge in [-0.25, -0.2) is 0 Å². The van der Waals surface area contributed by atoms with Gasteiger partial charge in [-0.15, -0.1) is 0 Å². The van der Waals surface area contributed by atoms with Gasteiger partial charge in [0.1, 0.15) is 0 Å². The third-order valence-corrected chi connectivity index (χ3v) is 1.77. The van der Waals surface area contributed by atoms with Crippen LogP contribution in [0.15, 0.2) is 30.3 Å². The highest BCUT2D eigenvalue weighted by Crippen LogP contribution is 1.96. The van der Waals surface area contributed by atoms with Crippen molar-refractivity contribution in [3.8, 4) is 0 Å². The van der Waals surface area contributed by atoms with Crippen molar-refractivity contribution in [3.63, 3.8) is 0 Å². The maximum atomic E-state index is 2.33. The number of hydrogen-bond acceptors (Lipinski definition) is 0. The maximum Gasteiger partial charge on any atom is 0.0796 e. The minimum absolute atomic E-state index is 0. The Hall–Kier alpha value is -0.340. The third-order valence-electron chi connectivity index (χ3n) is 1.77. The smallest absolute Gasteiger partial charge is 0.0796 e. The van der Waals surface area contributed by atoms with Crippen LogP contribution in [0.25, 0.3) is 0 Å². The van der Waals surface area contributed by atoms with E-state index in [4.69, 9.17) is 0 Å². The van der Waals surface area contributed by atoms with Gasteiger partial charge < -0.3 is 22.3 Å². The van der Waals surface area contributed by atoms with Gasteiger partial charge >= 0.3 is 0 Å². The lowest BCUT2D eigenvalue weighted by Gasteiger charge is -1.98. The van der Waals surface area contributed by atoms with Crippen LogP contribution >= 0.6 is 0 Å². The first-order valence-electron chi connectivity index (χ1n) is 4.29. The highest BCUT2D eigenvalue weighted by molar-refractivity contribution is 5.14. The van der Waals surface area contributed by atoms with Gasteiger partial charge in [-0.3, -0.25) is 0 Å². The number of likely N-dealkylation sites (N-methyl/N-ethyl adjacent to an activating group) is 1. The Labute approximate surface area is 85.0 Å². The molecule has 0 amide bonds. The molecule has 0 aliphatic heterocycles. The quantitative estimate of drug-likeness (QED) is 0.566. The number of hydrogen-bond donors (Lipinski definition) is 1. The molecule has 0 saturated heterocycles. The van der Waals surface area contributed by atoms with E-state index < -0.39 is 0 Å². The molecule has 0 aliphatic carbocycles. The molecule has 0 atom stereocenters. The molecule has 2 N–H and O–H groups in total. The number of nitrogens with two attached hydrogens (primary N) is 1. The zero-order valence-corrected chi connectivity index (χ0v) is 9.05. The van der Waals surface area contributed by atoms with Crippen molar-refractivity contribution in [2.24, 2.45) is 0 Å². The summed E-state index contributed by atoms with van der Waals surface area (Å²) in [6.07, 6.45) is 1.19. The zero-order valence-electron chi connectivity index (χ0n) is 7.46. The number of halogens is 1. The molecule has 0 fully saturated rings. The average molecular weight is 230 g/mol. The fraction of sp³-hybridized carbons (Fsp3) is 0.400. The largest absolute Gasteiger partial charge is 1.00 e. The lowest BCUT2D eigenvalue weighted by Crippen LogP contribution is -3.00. The molecule has 0 aromatic heterocycles. The van der Waals surface area contributed by atoms with Crippen LogP contribution in [0.4, 0.5) is 0 Å². The average Bonchev–Trinajstić information content (AvgIpc) is 2.07. The summed E-state index contributed by atoms with van der Waals surface area (Å²) in [5.41, 5.74) is 1.44. The molecule has 1 nitrogen and oxygen atoms in total. The van der Waals surface area contributed by atoms with Crippen molar-refractivity contribution in [2.45, 2.75) is 13.3 Å². The van der Waals surface area contributed by atoms with Crippen LogP contribution in [-0.4, -0.2) is 13.1 Å². The van der Waals surface area contributed by atoms with Gasteiger partial charge in [0, 0.05) is 6.42 Å². The van der Waals surface area contributed by atoms with Gasteiger partial charge in [0.25, 0.3) is 0 Å². The number of quaternary nitrogens is 1. The van der Waals surface area contributed by atoms with E-state index in [-0.39, 0.29) is 17.0 Å². The minimum Gasteiger partial charge on any atom is -1.00 e. The van der Waals surface area contributed by atoms with Crippen LogP contribution < -0.4 is 22.3 Å². The van der Waals surface area contributed by atoms with Crippen LogP contribution in [0.5, 0.6) is 0 Å². The van der Waals surface area contributed by atoms with Crippen LogP contribution in [-0.2, 0) is 6.42 Å². The van der Waals surface area contributed by atoms with Gasteiger partial charge in [0.15, 0.2) is 0 Å². The highest BCUT2D eigenvalue weighted by Gasteiger charge is 1.90. The molecule has 0 bridgehead atoms. The van der Waals surface area contributed by atoms with E-state index in [0.717, 1.165) is 0 Å². The number of rotatable bonds is 4. The van der Waals surface area contributed by atoms with Crippen LogP contribution in [0.3, 0.4) is 0 Å². The first-order valence-corrected chi connectivity index (χ1v) is 4.29. The molecule has 0 saturated carbocycles. The fourth-order valence-electron chi connectivity index (χ4n) is 1.12. The SMILES string of the molecule is CC[NH2+]CCc1ccccc1.[Br-]. The van der Waals surface area contributed by atoms with Crippen molar-refractivity contribution in [1.82, 2.24) is 0 Å². The summed E-state index contributed by atoms with van der Waals surface area (Å²) in [5, 5.41) is 2.33. The second kappa shape index (κ2) is 7.32. The zero-order chi connectivity index (χ0) is 7.94. The predicted octanol–water partition coefficient (Wildman–Crippen LogP) is -2.18. The van der Waals surface area contributed by atoms with Crippen molar-refractivity contribution in [2.75, 3.05) is 13.1 Å². The monoisotopic (exact) mass is 229 g/mol. The van der Waals surface area contributed by atoms with E-state index >= 15 is 0 Å². The molecule has 1 aromatic carbocycles. The van der Waals surface area contributed by atoms with E-state index in [9.17, 15) is 0 Å². The van der Waals surface area contributed by atoms with Crippen molar-refractivity contribution in [3.05, 3.63) is 35.9 Å². The first-order chi connectivity index (χ1) is 5.43. The number of benzene rings is 1. The van der Waals surface area contributed by atoms with Crippen LogP contribution in [0, 0.1) is 0 Å². The van der Waals surface area contributed by atoms with Crippen LogP contribution in [0.2, 0.25) is 0 Å². The maximum absolute atomic E-state index is 2.33. The second-order valence-corrected chi connectivity index (χ2v) is 2.72. The van der Waals surface area contributed by atoms with Crippen molar-refractivity contribution in [1.29, 1.82) is 0 Å². The fourth-order valence-corrected chi connectivity index (χ4v) is 1.12. The Kier molecular flexibility index (Phi) is 7.11. The Balaban J connectivity index is 0.00000121. The Morgan fingerprint density at radius 2 is 1.83 bits per heavy atom. The molecular formula is C10H16BrN. The second-order valence-electron chi connectivity index (χ2n) is 2.72. The molecular weight excluding hydrogens is 214 g/mol. The van der Waals surface area contributed by atoms with Crippen molar-refractivity contribution < 1.29 is 22.3 Å². The summed E-state index contributed by atoms with van der Waals surface area (Å²) in [5.74, 6) is 0. The lowest BCUT2D eigenvalue weighted by atomic mass is 10.1. The predicted molar refractivity (Wildman–Crippen MR) is 47.5 cm³/mol.